The van der Waals surface area contributed by atoms with Crippen molar-refractivity contribution in [2.45, 2.75) is 37.1 Å². The maximum Gasteiger partial charge on any atom is 0.219 e. The highest BCUT2D eigenvalue weighted by Crippen LogP contribution is 2.34. The van der Waals surface area contributed by atoms with E-state index in [1.807, 2.05) is 47.4 Å². The number of hydrogen-bond acceptors (Lipinski definition) is 8. The first-order valence-electron chi connectivity index (χ1n) is 12.4. The Morgan fingerprint density at radius 2 is 2.03 bits per heavy atom. The summed E-state index contributed by atoms with van der Waals surface area (Å²) < 4.78 is 6.35. The molecule has 1 N–H and O–H groups in total. The Morgan fingerprint density at radius 1 is 1.21 bits per heavy atom. The minimum atomic E-state index is 0.143. The number of benzene rings is 1. The summed E-state index contributed by atoms with van der Waals surface area (Å²) in [6.07, 6.45) is 10.3. The van der Waals surface area contributed by atoms with E-state index < -0.39 is 0 Å². The number of hydrogen-bond donors (Lipinski definition) is 1. The molecule has 2 aliphatic rings. The first kappa shape index (κ1) is 25.8. The number of nitriles is 1. The Morgan fingerprint density at radius 3 is 2.74 bits per heavy atom. The Labute approximate surface area is 230 Å². The van der Waals surface area contributed by atoms with Gasteiger partial charge in [0.25, 0.3) is 0 Å². The van der Waals surface area contributed by atoms with Crippen LogP contribution in [0.15, 0.2) is 93.7 Å². The van der Waals surface area contributed by atoms with E-state index in [2.05, 4.69) is 33.9 Å². The molecule has 192 valence electrons. The third kappa shape index (κ3) is 6.52. The number of piperidine rings is 1. The molecule has 5 rings (SSSR count). The fourth-order valence-electron chi connectivity index (χ4n) is 4.32. The number of para-hydroxylation sites is 1. The molecule has 7 nitrogen and oxygen atoms in total. The second-order valence-electron chi connectivity index (χ2n) is 8.99. The van der Waals surface area contributed by atoms with Crippen molar-refractivity contribution >= 4 is 34.1 Å². The SMILES string of the molecule is CC(=O)N1CCC(c2csc(NC3=C(Oc4ccccc4)C=C(Sc4ccc(C#N)cn4)C=CC3)n2)CC1. The molecule has 0 unspecified atom stereocenters. The number of nitrogens with one attached hydrogen (secondary N) is 1. The average molecular weight is 542 g/mol. The van der Waals surface area contributed by atoms with Gasteiger partial charge < -0.3 is 15.0 Å². The van der Waals surface area contributed by atoms with Crippen LogP contribution in [0.3, 0.4) is 0 Å². The molecule has 1 aromatic carbocycles. The highest BCUT2D eigenvalue weighted by molar-refractivity contribution is 8.03. The number of aromatic nitrogens is 2. The van der Waals surface area contributed by atoms with Gasteiger partial charge in [0.2, 0.25) is 5.91 Å². The van der Waals surface area contributed by atoms with Crippen LogP contribution in [-0.4, -0.2) is 33.9 Å². The van der Waals surface area contributed by atoms with Crippen LogP contribution in [0.5, 0.6) is 5.75 Å². The molecule has 1 fully saturated rings. The second-order valence-corrected chi connectivity index (χ2v) is 10.9. The van der Waals surface area contributed by atoms with Crippen molar-refractivity contribution < 1.29 is 9.53 Å². The van der Waals surface area contributed by atoms with Gasteiger partial charge in [0.15, 0.2) is 5.13 Å². The summed E-state index contributed by atoms with van der Waals surface area (Å²) in [4.78, 5) is 23.8. The van der Waals surface area contributed by atoms with Crippen LogP contribution in [0.25, 0.3) is 0 Å². The van der Waals surface area contributed by atoms with Crippen LogP contribution >= 0.6 is 23.1 Å². The van der Waals surface area contributed by atoms with Gasteiger partial charge >= 0.3 is 0 Å². The van der Waals surface area contributed by atoms with Crippen molar-refractivity contribution in [1.29, 1.82) is 5.26 Å². The normalized spacial score (nSPS) is 16.0. The molecule has 0 spiro atoms. The third-order valence-electron chi connectivity index (χ3n) is 6.37. The number of nitrogens with zero attached hydrogens (tertiary/aromatic N) is 4. The lowest BCUT2D eigenvalue weighted by molar-refractivity contribution is -0.129. The average Bonchev–Trinajstić information content (AvgIpc) is 3.33. The van der Waals surface area contributed by atoms with Crippen molar-refractivity contribution in [3.8, 4) is 11.8 Å². The Kier molecular flexibility index (Phi) is 8.22. The minimum Gasteiger partial charge on any atom is -0.455 e. The molecule has 9 heteroatoms. The summed E-state index contributed by atoms with van der Waals surface area (Å²) in [6, 6.07) is 15.4. The van der Waals surface area contributed by atoms with Gasteiger partial charge in [-0.2, -0.15) is 5.26 Å². The van der Waals surface area contributed by atoms with E-state index in [4.69, 9.17) is 15.0 Å². The molecule has 0 radical (unpaired) electrons. The molecule has 1 amide bonds. The van der Waals surface area contributed by atoms with Crippen molar-refractivity contribution in [1.82, 2.24) is 14.9 Å². The number of carbonyl (C=O) groups excluding carboxylic acids is 1. The van der Waals surface area contributed by atoms with Crippen molar-refractivity contribution in [2.24, 2.45) is 0 Å². The van der Waals surface area contributed by atoms with Crippen LogP contribution < -0.4 is 10.1 Å². The fourth-order valence-corrected chi connectivity index (χ4v) is 5.95. The Bertz CT molecular complexity index is 1410. The van der Waals surface area contributed by atoms with Gasteiger partial charge in [-0.15, -0.1) is 11.3 Å². The minimum absolute atomic E-state index is 0.143. The molecule has 38 heavy (non-hydrogen) atoms. The van der Waals surface area contributed by atoms with Crippen molar-refractivity contribution in [3.63, 3.8) is 0 Å². The molecule has 0 bridgehead atoms. The van der Waals surface area contributed by atoms with Gasteiger partial charge in [0, 0.05) is 48.8 Å². The van der Waals surface area contributed by atoms with Gasteiger partial charge in [-0.3, -0.25) is 4.79 Å². The summed E-state index contributed by atoms with van der Waals surface area (Å²) in [7, 11) is 0. The largest absolute Gasteiger partial charge is 0.455 e. The molecular weight excluding hydrogens is 514 g/mol. The molecule has 1 aliphatic carbocycles. The van der Waals surface area contributed by atoms with E-state index in [0.29, 0.717) is 23.7 Å². The maximum atomic E-state index is 11.7. The quantitative estimate of drug-likeness (QED) is 0.366. The number of allylic oxidation sites excluding steroid dienone is 3. The summed E-state index contributed by atoms with van der Waals surface area (Å²) in [5.41, 5.74) is 2.53. The third-order valence-corrected chi connectivity index (χ3v) is 8.09. The van der Waals surface area contributed by atoms with Gasteiger partial charge in [0.1, 0.15) is 22.6 Å². The van der Waals surface area contributed by atoms with E-state index in [9.17, 15) is 4.79 Å². The smallest absolute Gasteiger partial charge is 0.219 e. The molecule has 3 heterocycles. The highest BCUT2D eigenvalue weighted by atomic mass is 32.2. The molecule has 3 aromatic rings. The van der Waals surface area contributed by atoms with Crippen LogP contribution in [0.4, 0.5) is 5.13 Å². The van der Waals surface area contributed by atoms with E-state index in [1.165, 1.54) is 11.8 Å². The number of carbonyl (C=O) groups is 1. The van der Waals surface area contributed by atoms with E-state index in [1.54, 1.807) is 30.5 Å². The molecule has 0 atom stereocenters. The zero-order chi connectivity index (χ0) is 26.3. The van der Waals surface area contributed by atoms with Gasteiger partial charge in [-0.1, -0.05) is 42.1 Å². The monoisotopic (exact) mass is 541 g/mol. The number of amides is 1. The topological polar surface area (TPSA) is 91.1 Å². The van der Waals surface area contributed by atoms with Crippen molar-refractivity contribution in [3.05, 3.63) is 99.9 Å². The van der Waals surface area contributed by atoms with Crippen LogP contribution in [0.2, 0.25) is 0 Å². The zero-order valence-electron chi connectivity index (χ0n) is 21.0. The summed E-state index contributed by atoms with van der Waals surface area (Å²) in [6.45, 7) is 3.20. The lowest BCUT2D eigenvalue weighted by atomic mass is 9.94. The number of likely N-dealkylation sites (tertiary alicyclic amines) is 1. The summed E-state index contributed by atoms with van der Waals surface area (Å²) in [5, 5.41) is 16.3. The highest BCUT2D eigenvalue weighted by Gasteiger charge is 2.24. The number of rotatable bonds is 7. The fraction of sp³-hybridized carbons (Fsp3) is 0.241. The van der Waals surface area contributed by atoms with E-state index in [-0.39, 0.29) is 5.91 Å². The molecular formula is C29H27N5O2S2. The van der Waals surface area contributed by atoms with Crippen LogP contribution in [-0.2, 0) is 4.79 Å². The number of ether oxygens (including phenoxy) is 1. The van der Waals surface area contributed by atoms with Crippen molar-refractivity contribution in [2.75, 3.05) is 18.4 Å². The standard InChI is InChI=1S/C29H27N5O2S2/c1-20(35)34-14-12-22(13-15-34)26-19-37-29(33-26)32-25-9-5-8-24(38-28-11-10-21(17-30)18-31-28)16-27(25)36-23-6-3-2-4-7-23/h2-8,10-11,16,18-19,22H,9,12-15H2,1H3,(H,32,33). The predicted octanol–water partition coefficient (Wildman–Crippen LogP) is 6.47. The van der Waals surface area contributed by atoms with Crippen LogP contribution in [0, 0.1) is 11.3 Å². The maximum absolute atomic E-state index is 11.7. The zero-order valence-corrected chi connectivity index (χ0v) is 22.6. The molecule has 1 aliphatic heterocycles. The Hall–Kier alpha value is -3.87. The first-order valence-corrected chi connectivity index (χ1v) is 14.1. The molecule has 0 saturated carbocycles. The number of pyridine rings is 1. The second kappa shape index (κ2) is 12.1. The number of thioether (sulfide) groups is 1. The molecule has 2 aromatic heterocycles. The van der Waals surface area contributed by atoms with E-state index in [0.717, 1.165) is 58.1 Å². The van der Waals surface area contributed by atoms with Crippen LogP contribution in [0.1, 0.15) is 43.4 Å². The lowest BCUT2D eigenvalue weighted by Gasteiger charge is -2.30. The lowest BCUT2D eigenvalue weighted by Crippen LogP contribution is -2.36. The van der Waals surface area contributed by atoms with Gasteiger partial charge in [-0.25, -0.2) is 9.97 Å². The van der Waals surface area contributed by atoms with Gasteiger partial charge in [0.05, 0.1) is 17.0 Å². The molecule has 1 saturated heterocycles. The number of anilines is 1. The Balaban J connectivity index is 1.37. The summed E-state index contributed by atoms with van der Waals surface area (Å²) in [5.74, 6) is 1.97. The summed E-state index contributed by atoms with van der Waals surface area (Å²) >= 11 is 3.10. The predicted molar refractivity (Wildman–Crippen MR) is 151 cm³/mol. The first-order chi connectivity index (χ1) is 18.6. The van der Waals surface area contributed by atoms with E-state index >= 15 is 0 Å². The number of thiazole rings is 1. The van der Waals surface area contributed by atoms with Gasteiger partial charge in [-0.05, 0) is 43.2 Å².